The summed E-state index contributed by atoms with van der Waals surface area (Å²) in [5, 5.41) is 8.91. The number of nitrogens with zero attached hydrogens (tertiary/aromatic N) is 2. The number of rotatable bonds is 5. The van der Waals surface area contributed by atoms with Crippen molar-refractivity contribution in [1.29, 1.82) is 0 Å². The Labute approximate surface area is 165 Å². The highest BCUT2D eigenvalue weighted by atomic mass is 19.1. The lowest BCUT2D eigenvalue weighted by Gasteiger charge is -2.43. The number of hydrogen-bond acceptors (Lipinski definition) is 4. The number of halogens is 1. The molecule has 28 heavy (non-hydrogen) atoms. The lowest BCUT2D eigenvalue weighted by atomic mass is 9.89. The molecule has 1 aromatic carbocycles. The Morgan fingerprint density at radius 1 is 1.25 bits per heavy atom. The van der Waals surface area contributed by atoms with E-state index < -0.39 is 5.91 Å². The molecule has 4 atom stereocenters. The number of carbonyl (C=O) groups excluding carboxylic acids is 1. The van der Waals surface area contributed by atoms with Gasteiger partial charge in [0.25, 0.3) is 5.91 Å². The van der Waals surface area contributed by atoms with Crippen molar-refractivity contribution in [1.82, 2.24) is 15.3 Å². The van der Waals surface area contributed by atoms with E-state index in [1.165, 1.54) is 38.2 Å². The third-order valence-corrected chi connectivity index (χ3v) is 7.64. The second-order valence-corrected chi connectivity index (χ2v) is 9.21. The van der Waals surface area contributed by atoms with Gasteiger partial charge < -0.3 is 0 Å². The summed E-state index contributed by atoms with van der Waals surface area (Å²) in [5.41, 5.74) is 3.44. The van der Waals surface area contributed by atoms with E-state index in [4.69, 9.17) is 5.21 Å². The third kappa shape index (κ3) is 3.06. The van der Waals surface area contributed by atoms with Crippen molar-refractivity contribution < 1.29 is 14.4 Å². The molecule has 1 aromatic rings. The number of fused-ring (bicyclic) bond motifs is 3. The van der Waals surface area contributed by atoms with Crippen LogP contribution in [0.5, 0.6) is 0 Å². The van der Waals surface area contributed by atoms with Crippen LogP contribution < -0.4 is 5.48 Å². The van der Waals surface area contributed by atoms with Gasteiger partial charge in [-0.05, 0) is 74.1 Å². The summed E-state index contributed by atoms with van der Waals surface area (Å²) in [6.07, 6.45) is 8.48. The third-order valence-electron chi connectivity index (χ3n) is 7.64. The number of likely N-dealkylation sites (tertiary alicyclic amines) is 1. The van der Waals surface area contributed by atoms with Crippen LogP contribution in [0, 0.1) is 11.7 Å². The van der Waals surface area contributed by atoms with Crippen LogP contribution in [0.2, 0.25) is 0 Å². The van der Waals surface area contributed by atoms with Crippen molar-refractivity contribution in [2.24, 2.45) is 5.92 Å². The molecular formula is C22H30FN3O2. The van der Waals surface area contributed by atoms with Gasteiger partial charge >= 0.3 is 0 Å². The number of nitrogens with one attached hydrogen (secondary N) is 1. The smallest absolute Gasteiger partial charge is 0.274 e. The fourth-order valence-corrected chi connectivity index (χ4v) is 6.14. The lowest BCUT2D eigenvalue weighted by Crippen LogP contribution is -2.52. The second kappa shape index (κ2) is 7.08. The summed E-state index contributed by atoms with van der Waals surface area (Å²) in [4.78, 5) is 17.2. The molecule has 6 heteroatoms. The topological polar surface area (TPSA) is 55.8 Å². The van der Waals surface area contributed by atoms with Crippen LogP contribution in [-0.4, -0.2) is 51.6 Å². The molecule has 5 rings (SSSR count). The molecule has 2 N–H and O–H groups in total. The van der Waals surface area contributed by atoms with Gasteiger partial charge in [-0.3, -0.25) is 19.8 Å². The zero-order chi connectivity index (χ0) is 19.4. The standard InChI is InChI=1S/C22H30FN3O2/c1-2-16-10-19-15(7-14(9-20(19)23)22(27)24-28)11-25(16)12-21-13-3-4-18(8-13)26(21)17-5-6-17/h7,9,13,16-18,21,28H,2-6,8,10-12H2,1H3,(H,24,27)/t13?,16-,18?,21-/m0/s1. The van der Waals surface area contributed by atoms with E-state index in [0.29, 0.717) is 25.0 Å². The highest BCUT2D eigenvalue weighted by Gasteiger charge is 2.51. The summed E-state index contributed by atoms with van der Waals surface area (Å²) in [5.74, 6) is -0.166. The van der Waals surface area contributed by atoms with Crippen LogP contribution in [0.4, 0.5) is 4.39 Å². The second-order valence-electron chi connectivity index (χ2n) is 9.21. The minimum Gasteiger partial charge on any atom is -0.294 e. The number of amides is 1. The first kappa shape index (κ1) is 18.5. The molecule has 5 nitrogen and oxygen atoms in total. The Morgan fingerprint density at radius 3 is 2.75 bits per heavy atom. The van der Waals surface area contributed by atoms with Crippen LogP contribution in [-0.2, 0) is 13.0 Å². The van der Waals surface area contributed by atoms with Gasteiger partial charge in [0.1, 0.15) is 5.82 Å². The summed E-state index contributed by atoms with van der Waals surface area (Å²) in [6, 6.07) is 5.57. The molecule has 2 heterocycles. The Hall–Kier alpha value is -1.50. The van der Waals surface area contributed by atoms with E-state index in [9.17, 15) is 9.18 Å². The predicted molar refractivity (Wildman–Crippen MR) is 104 cm³/mol. The van der Waals surface area contributed by atoms with Gasteiger partial charge in [-0.1, -0.05) is 6.92 Å². The molecule has 2 aliphatic carbocycles. The highest BCUT2D eigenvalue weighted by molar-refractivity contribution is 5.93. The monoisotopic (exact) mass is 387 g/mol. The maximum atomic E-state index is 14.7. The van der Waals surface area contributed by atoms with Gasteiger partial charge in [-0.2, -0.15) is 0 Å². The molecule has 2 aliphatic heterocycles. The highest BCUT2D eigenvalue weighted by Crippen LogP contribution is 2.48. The Balaban J connectivity index is 1.40. The number of hydroxylamine groups is 1. The van der Waals surface area contributed by atoms with E-state index in [1.807, 2.05) is 0 Å². The lowest BCUT2D eigenvalue weighted by molar-refractivity contribution is 0.0626. The van der Waals surface area contributed by atoms with Gasteiger partial charge in [0.15, 0.2) is 0 Å². The van der Waals surface area contributed by atoms with Crippen LogP contribution in [0.15, 0.2) is 12.1 Å². The van der Waals surface area contributed by atoms with Crippen molar-refractivity contribution in [2.45, 2.75) is 82.6 Å². The number of carbonyl (C=O) groups is 1. The summed E-state index contributed by atoms with van der Waals surface area (Å²) >= 11 is 0. The van der Waals surface area contributed by atoms with E-state index in [1.54, 1.807) is 11.5 Å². The van der Waals surface area contributed by atoms with E-state index in [2.05, 4.69) is 16.7 Å². The first-order valence-corrected chi connectivity index (χ1v) is 10.9. The fourth-order valence-electron chi connectivity index (χ4n) is 6.14. The molecule has 2 saturated carbocycles. The minimum absolute atomic E-state index is 0.188. The van der Waals surface area contributed by atoms with Crippen molar-refractivity contribution in [2.75, 3.05) is 6.54 Å². The van der Waals surface area contributed by atoms with Crippen molar-refractivity contribution in [3.05, 3.63) is 34.6 Å². The van der Waals surface area contributed by atoms with E-state index in [-0.39, 0.29) is 11.4 Å². The molecule has 1 saturated heterocycles. The van der Waals surface area contributed by atoms with Crippen molar-refractivity contribution in [3.63, 3.8) is 0 Å². The SMILES string of the molecule is CC[C@H]1Cc2c(F)cc(C(=O)NO)cc2CN1C[C@H]1C2CCC(C2)N1C1CC1. The molecule has 0 spiro atoms. The molecule has 2 bridgehead atoms. The zero-order valence-electron chi connectivity index (χ0n) is 16.5. The Bertz CT molecular complexity index is 781. The van der Waals surface area contributed by atoms with Crippen LogP contribution in [0.1, 0.15) is 66.9 Å². The Morgan fingerprint density at radius 2 is 2.04 bits per heavy atom. The van der Waals surface area contributed by atoms with Gasteiger partial charge in [-0.15, -0.1) is 0 Å². The maximum absolute atomic E-state index is 14.7. The average molecular weight is 387 g/mol. The molecule has 3 fully saturated rings. The van der Waals surface area contributed by atoms with Crippen LogP contribution in [0.3, 0.4) is 0 Å². The number of piperidine rings is 1. The summed E-state index contributed by atoms with van der Waals surface area (Å²) in [6.45, 7) is 3.92. The van der Waals surface area contributed by atoms with E-state index in [0.717, 1.165) is 42.1 Å². The van der Waals surface area contributed by atoms with Gasteiger partial charge in [-0.25, -0.2) is 9.87 Å². The van der Waals surface area contributed by atoms with Crippen LogP contribution >= 0.6 is 0 Å². The molecule has 2 unspecified atom stereocenters. The fraction of sp³-hybridized carbons (Fsp3) is 0.682. The van der Waals surface area contributed by atoms with Crippen molar-refractivity contribution >= 4 is 5.91 Å². The van der Waals surface area contributed by atoms with Crippen molar-refractivity contribution in [3.8, 4) is 0 Å². The predicted octanol–water partition coefficient (Wildman–Crippen LogP) is 3.10. The number of hydrogen-bond donors (Lipinski definition) is 2. The van der Waals surface area contributed by atoms with Crippen LogP contribution in [0.25, 0.3) is 0 Å². The first-order valence-electron chi connectivity index (χ1n) is 10.9. The van der Waals surface area contributed by atoms with Gasteiger partial charge in [0, 0.05) is 42.8 Å². The van der Waals surface area contributed by atoms with E-state index >= 15 is 0 Å². The Kier molecular flexibility index (Phi) is 4.68. The molecule has 4 aliphatic rings. The largest absolute Gasteiger partial charge is 0.294 e. The molecule has 0 radical (unpaired) electrons. The zero-order valence-corrected chi connectivity index (χ0v) is 16.5. The van der Waals surface area contributed by atoms with Gasteiger partial charge in [0.05, 0.1) is 0 Å². The first-order chi connectivity index (χ1) is 13.6. The maximum Gasteiger partial charge on any atom is 0.274 e. The normalized spacial score (nSPS) is 32.5. The quantitative estimate of drug-likeness (QED) is 0.602. The minimum atomic E-state index is -0.654. The molecule has 1 amide bonds. The average Bonchev–Trinajstić information content (AvgIpc) is 3.34. The van der Waals surface area contributed by atoms with Gasteiger partial charge in [0.2, 0.25) is 0 Å². The molecular weight excluding hydrogens is 357 g/mol. The molecule has 152 valence electrons. The summed E-state index contributed by atoms with van der Waals surface area (Å²) in [7, 11) is 0. The molecule has 0 aromatic heterocycles. The summed E-state index contributed by atoms with van der Waals surface area (Å²) < 4.78 is 14.7. The number of benzene rings is 1.